The van der Waals surface area contributed by atoms with Crippen LogP contribution in [0.25, 0.3) is 0 Å². The first-order valence-corrected chi connectivity index (χ1v) is 9.94. The summed E-state index contributed by atoms with van der Waals surface area (Å²) in [5.41, 5.74) is 2.29. The van der Waals surface area contributed by atoms with Crippen molar-refractivity contribution in [2.75, 3.05) is 25.5 Å². The summed E-state index contributed by atoms with van der Waals surface area (Å²) < 4.78 is 5.20. The number of hydrogen-bond acceptors (Lipinski definition) is 3. The van der Waals surface area contributed by atoms with E-state index < -0.39 is 0 Å². The van der Waals surface area contributed by atoms with E-state index in [9.17, 15) is 4.79 Å². The van der Waals surface area contributed by atoms with Crippen molar-refractivity contribution in [2.45, 2.75) is 38.1 Å². The summed E-state index contributed by atoms with van der Waals surface area (Å²) in [5, 5.41) is 4.29. The summed E-state index contributed by atoms with van der Waals surface area (Å²) in [6.45, 7) is 1.63. The van der Waals surface area contributed by atoms with Crippen LogP contribution in [0.4, 0.5) is 5.69 Å². The molecular weight excluding hydrogens is 360 g/mol. The molecule has 1 fully saturated rings. The molecule has 0 bridgehead atoms. The Morgan fingerprint density at radius 1 is 1.19 bits per heavy atom. The average molecular weight is 387 g/mol. The molecule has 1 atom stereocenters. The Morgan fingerprint density at radius 3 is 2.63 bits per heavy atom. The number of amides is 1. The number of rotatable bonds is 7. The van der Waals surface area contributed by atoms with Gasteiger partial charge in [0.25, 0.3) is 0 Å². The number of methoxy groups -OCH3 is 1. The zero-order valence-electron chi connectivity index (χ0n) is 15.8. The molecule has 3 rings (SSSR count). The van der Waals surface area contributed by atoms with Crippen LogP contribution in [0.1, 0.15) is 31.2 Å². The van der Waals surface area contributed by atoms with Crippen LogP contribution in [-0.2, 0) is 11.2 Å². The molecule has 1 aliphatic heterocycles. The third-order valence-electron chi connectivity index (χ3n) is 5.00. The number of aryl methyl sites for hydroxylation is 1. The summed E-state index contributed by atoms with van der Waals surface area (Å²) in [7, 11) is 1.67. The highest BCUT2D eigenvalue weighted by Crippen LogP contribution is 2.20. The van der Waals surface area contributed by atoms with Crippen molar-refractivity contribution in [3.05, 3.63) is 59.1 Å². The first-order chi connectivity index (χ1) is 13.1. The number of likely N-dealkylation sites (tertiary alicyclic amines) is 1. The Labute approximate surface area is 166 Å². The largest absolute Gasteiger partial charge is 0.497 e. The predicted molar refractivity (Wildman–Crippen MR) is 111 cm³/mol. The minimum absolute atomic E-state index is 0.255. The van der Waals surface area contributed by atoms with E-state index in [0.29, 0.717) is 12.5 Å². The first kappa shape index (κ1) is 19.6. The molecule has 1 heterocycles. The van der Waals surface area contributed by atoms with Crippen molar-refractivity contribution in [1.29, 1.82) is 0 Å². The summed E-state index contributed by atoms with van der Waals surface area (Å²) in [5.74, 6) is 1.10. The predicted octanol–water partition coefficient (Wildman–Crippen LogP) is 4.77. The van der Waals surface area contributed by atoms with Gasteiger partial charge in [-0.3, -0.25) is 4.79 Å². The molecule has 0 radical (unpaired) electrons. The lowest BCUT2D eigenvalue weighted by molar-refractivity contribution is -0.132. The molecule has 144 valence electrons. The Kier molecular flexibility index (Phi) is 6.99. The minimum atomic E-state index is 0.255. The third-order valence-corrected chi connectivity index (χ3v) is 5.26. The topological polar surface area (TPSA) is 41.6 Å². The number of ether oxygens (including phenoxy) is 1. The molecule has 0 spiro atoms. The molecule has 1 aliphatic rings. The maximum absolute atomic E-state index is 12.6. The van der Waals surface area contributed by atoms with Gasteiger partial charge in [-0.25, -0.2) is 0 Å². The van der Waals surface area contributed by atoms with Crippen molar-refractivity contribution in [3.8, 4) is 5.75 Å². The van der Waals surface area contributed by atoms with Gasteiger partial charge in [0.05, 0.1) is 7.11 Å². The summed E-state index contributed by atoms with van der Waals surface area (Å²) in [6, 6.07) is 16.1. The number of nitrogens with one attached hydrogen (secondary N) is 1. The van der Waals surface area contributed by atoms with Gasteiger partial charge in [0.15, 0.2) is 0 Å². The van der Waals surface area contributed by atoms with Crippen LogP contribution >= 0.6 is 11.6 Å². The van der Waals surface area contributed by atoms with E-state index in [1.165, 1.54) is 5.56 Å². The number of carbonyl (C=O) groups is 1. The fourth-order valence-corrected chi connectivity index (χ4v) is 3.62. The normalized spacial score (nSPS) is 16.8. The van der Waals surface area contributed by atoms with E-state index in [1.807, 2.05) is 53.4 Å². The fourth-order valence-electron chi connectivity index (χ4n) is 3.50. The molecule has 2 aromatic rings. The van der Waals surface area contributed by atoms with Crippen molar-refractivity contribution in [1.82, 2.24) is 4.90 Å². The molecule has 5 heteroatoms. The lowest BCUT2D eigenvalue weighted by atomic mass is 10.0. The number of nitrogens with zero attached hydrogens (tertiary/aromatic N) is 1. The fraction of sp³-hybridized carbons (Fsp3) is 0.409. The molecule has 0 aromatic heterocycles. The Balaban J connectivity index is 1.44. The van der Waals surface area contributed by atoms with Crippen LogP contribution in [0.2, 0.25) is 5.02 Å². The monoisotopic (exact) mass is 386 g/mol. The third kappa shape index (κ3) is 5.90. The second-order valence-corrected chi connectivity index (χ2v) is 7.47. The van der Waals surface area contributed by atoms with Gasteiger partial charge in [-0.1, -0.05) is 23.7 Å². The first-order valence-electron chi connectivity index (χ1n) is 9.57. The number of piperidine rings is 1. The van der Waals surface area contributed by atoms with Gasteiger partial charge in [-0.2, -0.15) is 0 Å². The number of anilines is 1. The molecule has 2 aromatic carbocycles. The number of hydrogen-bond donors (Lipinski definition) is 1. The smallest absolute Gasteiger partial charge is 0.222 e. The van der Waals surface area contributed by atoms with Gasteiger partial charge in [0, 0.05) is 36.3 Å². The molecule has 1 saturated heterocycles. The Morgan fingerprint density at radius 2 is 1.93 bits per heavy atom. The highest BCUT2D eigenvalue weighted by atomic mass is 35.5. The molecular formula is C22H27ClN2O2. The van der Waals surface area contributed by atoms with Crippen molar-refractivity contribution >= 4 is 23.2 Å². The van der Waals surface area contributed by atoms with Gasteiger partial charge < -0.3 is 15.0 Å². The van der Waals surface area contributed by atoms with Crippen LogP contribution in [0, 0.1) is 0 Å². The summed E-state index contributed by atoms with van der Waals surface area (Å²) in [6.07, 6.45) is 4.49. The second kappa shape index (κ2) is 9.65. The highest BCUT2D eigenvalue weighted by molar-refractivity contribution is 6.30. The van der Waals surface area contributed by atoms with E-state index in [-0.39, 0.29) is 5.91 Å². The van der Waals surface area contributed by atoms with E-state index in [0.717, 1.165) is 55.2 Å². The maximum atomic E-state index is 12.6. The molecule has 1 N–H and O–H groups in total. The maximum Gasteiger partial charge on any atom is 0.222 e. The van der Waals surface area contributed by atoms with Crippen LogP contribution in [-0.4, -0.2) is 37.0 Å². The van der Waals surface area contributed by atoms with Crippen molar-refractivity contribution < 1.29 is 9.53 Å². The van der Waals surface area contributed by atoms with Crippen molar-refractivity contribution in [2.24, 2.45) is 0 Å². The van der Waals surface area contributed by atoms with E-state index in [2.05, 4.69) is 5.32 Å². The molecule has 27 heavy (non-hydrogen) atoms. The molecule has 1 amide bonds. The number of carbonyl (C=O) groups excluding carboxylic acids is 1. The quantitative estimate of drug-likeness (QED) is 0.744. The number of benzene rings is 2. The van der Waals surface area contributed by atoms with Gasteiger partial charge in [0.2, 0.25) is 5.91 Å². The van der Waals surface area contributed by atoms with Crippen LogP contribution < -0.4 is 10.1 Å². The zero-order chi connectivity index (χ0) is 19.1. The SMILES string of the molecule is COc1ccc(N[C@H]2CCCN(C(=O)CCCc3ccc(Cl)cc3)C2)cc1. The van der Waals surface area contributed by atoms with Crippen LogP contribution in [0.15, 0.2) is 48.5 Å². The zero-order valence-corrected chi connectivity index (χ0v) is 16.5. The Hall–Kier alpha value is -2.20. The van der Waals surface area contributed by atoms with Gasteiger partial charge in [-0.05, 0) is 67.6 Å². The van der Waals surface area contributed by atoms with E-state index in [4.69, 9.17) is 16.3 Å². The Bertz CT molecular complexity index is 731. The highest BCUT2D eigenvalue weighted by Gasteiger charge is 2.23. The lowest BCUT2D eigenvalue weighted by Gasteiger charge is -2.34. The molecule has 0 unspecified atom stereocenters. The van der Waals surface area contributed by atoms with Crippen LogP contribution in [0.3, 0.4) is 0 Å². The second-order valence-electron chi connectivity index (χ2n) is 7.03. The standard InChI is InChI=1S/C22H27ClN2O2/c1-27-21-13-11-19(12-14-21)24-20-5-3-15-25(16-20)22(26)6-2-4-17-7-9-18(23)10-8-17/h7-14,20,24H,2-6,15-16H2,1H3/t20-/m0/s1. The summed E-state index contributed by atoms with van der Waals surface area (Å²) >= 11 is 5.91. The van der Waals surface area contributed by atoms with Crippen molar-refractivity contribution in [3.63, 3.8) is 0 Å². The molecule has 0 saturated carbocycles. The summed E-state index contributed by atoms with van der Waals surface area (Å²) in [4.78, 5) is 14.6. The average Bonchev–Trinajstić information content (AvgIpc) is 2.70. The van der Waals surface area contributed by atoms with E-state index in [1.54, 1.807) is 7.11 Å². The minimum Gasteiger partial charge on any atom is -0.497 e. The molecule has 0 aliphatic carbocycles. The lowest BCUT2D eigenvalue weighted by Crippen LogP contribution is -2.45. The molecule has 4 nitrogen and oxygen atoms in total. The van der Waals surface area contributed by atoms with Gasteiger partial charge in [0.1, 0.15) is 5.75 Å². The van der Waals surface area contributed by atoms with Crippen LogP contribution in [0.5, 0.6) is 5.75 Å². The van der Waals surface area contributed by atoms with E-state index >= 15 is 0 Å². The van der Waals surface area contributed by atoms with Gasteiger partial charge >= 0.3 is 0 Å². The van der Waals surface area contributed by atoms with Gasteiger partial charge in [-0.15, -0.1) is 0 Å². The number of halogens is 1.